The molecular formula is C16H16N2O3S. The van der Waals surface area contributed by atoms with E-state index in [1.54, 1.807) is 0 Å². The van der Waals surface area contributed by atoms with Gasteiger partial charge in [-0.05, 0) is 37.3 Å². The van der Waals surface area contributed by atoms with Crippen LogP contribution in [0.5, 0.6) is 0 Å². The molecule has 22 heavy (non-hydrogen) atoms. The van der Waals surface area contributed by atoms with Gasteiger partial charge in [0, 0.05) is 6.07 Å². The van der Waals surface area contributed by atoms with Gasteiger partial charge in [0.1, 0.15) is 0 Å². The Kier molecular flexibility index (Phi) is 3.94. The number of thiophene rings is 1. The molecule has 114 valence electrons. The maximum absolute atomic E-state index is 12.3. The molecule has 6 heteroatoms. The summed E-state index contributed by atoms with van der Waals surface area (Å²) >= 11 is 0.910. The van der Waals surface area contributed by atoms with Crippen molar-refractivity contribution in [2.24, 2.45) is 5.92 Å². The third-order valence-corrected chi connectivity index (χ3v) is 4.85. The molecule has 3 rings (SSSR count). The van der Waals surface area contributed by atoms with Crippen LogP contribution < -0.4 is 5.32 Å². The molecule has 1 heterocycles. The molecule has 5 nitrogen and oxygen atoms in total. The van der Waals surface area contributed by atoms with E-state index in [0.717, 1.165) is 29.7 Å². The maximum Gasteiger partial charge on any atom is 0.324 e. The van der Waals surface area contributed by atoms with Gasteiger partial charge in [0.2, 0.25) is 0 Å². The number of carbonyl (C=O) groups excluding carboxylic acids is 1. The van der Waals surface area contributed by atoms with Crippen LogP contribution in [0.3, 0.4) is 0 Å². The average Bonchev–Trinajstić information content (AvgIpc) is 3.20. The van der Waals surface area contributed by atoms with E-state index in [1.165, 1.54) is 17.7 Å². The normalized spacial score (nSPS) is 15.3. The van der Waals surface area contributed by atoms with Crippen LogP contribution in [0.25, 0.3) is 0 Å². The fourth-order valence-corrected chi connectivity index (χ4v) is 3.16. The fourth-order valence-electron chi connectivity index (χ4n) is 2.44. The third-order valence-electron chi connectivity index (χ3n) is 3.81. The summed E-state index contributed by atoms with van der Waals surface area (Å²) in [6.07, 6.45) is 2.20. The molecule has 1 aromatic heterocycles. The number of amides is 1. The van der Waals surface area contributed by atoms with Crippen LogP contribution in [0.2, 0.25) is 0 Å². The van der Waals surface area contributed by atoms with Crippen LogP contribution in [0.4, 0.5) is 5.00 Å². The number of aryl methyl sites for hydroxylation is 1. The molecule has 2 aromatic rings. The highest BCUT2D eigenvalue weighted by Gasteiger charge is 2.34. The standard InChI is InChI=1S/C16H16N2O3S/c1-10-2-4-11(5-3-10)15(12-6-7-12)17-16(19)13-8-9-14(22-13)18(20)21/h2-5,8-9,12,15H,6-7H2,1H3,(H,17,19). The molecule has 1 unspecified atom stereocenters. The van der Waals surface area contributed by atoms with Crippen LogP contribution >= 0.6 is 11.3 Å². The molecule has 1 aliphatic carbocycles. The SMILES string of the molecule is Cc1ccc(C(NC(=O)c2ccc([N+](=O)[O-])s2)C2CC2)cc1. The van der Waals surface area contributed by atoms with Crippen molar-refractivity contribution in [2.45, 2.75) is 25.8 Å². The van der Waals surface area contributed by atoms with Gasteiger partial charge in [0.25, 0.3) is 5.91 Å². The Labute approximate surface area is 132 Å². The van der Waals surface area contributed by atoms with Crippen molar-refractivity contribution in [3.63, 3.8) is 0 Å². The van der Waals surface area contributed by atoms with Gasteiger partial charge in [-0.25, -0.2) is 0 Å². The molecule has 0 saturated heterocycles. The minimum Gasteiger partial charge on any atom is -0.344 e. The van der Waals surface area contributed by atoms with Crippen LogP contribution in [0.1, 0.15) is 39.7 Å². The first kappa shape index (κ1) is 14.7. The number of nitrogens with zero attached hydrogens (tertiary/aromatic N) is 1. The maximum atomic E-state index is 12.3. The van der Waals surface area contributed by atoms with Gasteiger partial charge in [0.05, 0.1) is 15.8 Å². The first-order valence-corrected chi connectivity index (χ1v) is 7.98. The summed E-state index contributed by atoms with van der Waals surface area (Å²) in [7, 11) is 0. The molecule has 1 amide bonds. The van der Waals surface area contributed by atoms with Crippen molar-refractivity contribution in [1.29, 1.82) is 0 Å². The highest BCUT2D eigenvalue weighted by atomic mass is 32.1. The van der Waals surface area contributed by atoms with Gasteiger partial charge in [-0.2, -0.15) is 0 Å². The Bertz CT molecular complexity index is 704. The Balaban J connectivity index is 1.77. The van der Waals surface area contributed by atoms with Crippen molar-refractivity contribution in [1.82, 2.24) is 5.32 Å². The number of nitrogens with one attached hydrogen (secondary N) is 1. The monoisotopic (exact) mass is 316 g/mol. The quantitative estimate of drug-likeness (QED) is 0.672. The number of benzene rings is 1. The molecule has 0 aliphatic heterocycles. The second-order valence-corrected chi connectivity index (χ2v) is 6.66. The third kappa shape index (κ3) is 3.17. The lowest BCUT2D eigenvalue weighted by atomic mass is 10.0. The highest BCUT2D eigenvalue weighted by Crippen LogP contribution is 2.41. The van der Waals surface area contributed by atoms with Crippen molar-refractivity contribution in [3.05, 3.63) is 62.5 Å². The van der Waals surface area contributed by atoms with Crippen molar-refractivity contribution >= 4 is 22.2 Å². The number of nitro groups is 1. The van der Waals surface area contributed by atoms with Crippen molar-refractivity contribution in [3.8, 4) is 0 Å². The fraction of sp³-hybridized carbons (Fsp3) is 0.312. The zero-order valence-electron chi connectivity index (χ0n) is 12.1. The lowest BCUT2D eigenvalue weighted by Gasteiger charge is -2.18. The van der Waals surface area contributed by atoms with Gasteiger partial charge in [-0.3, -0.25) is 14.9 Å². The summed E-state index contributed by atoms with van der Waals surface area (Å²) in [4.78, 5) is 23.0. The van der Waals surface area contributed by atoms with E-state index in [9.17, 15) is 14.9 Å². The molecule has 0 bridgehead atoms. The van der Waals surface area contributed by atoms with E-state index in [4.69, 9.17) is 0 Å². The van der Waals surface area contributed by atoms with Gasteiger partial charge in [-0.15, -0.1) is 0 Å². The van der Waals surface area contributed by atoms with Crippen molar-refractivity contribution < 1.29 is 9.72 Å². The zero-order chi connectivity index (χ0) is 15.7. The predicted molar refractivity (Wildman–Crippen MR) is 85.1 cm³/mol. The van der Waals surface area contributed by atoms with Gasteiger partial charge < -0.3 is 5.32 Å². The largest absolute Gasteiger partial charge is 0.344 e. The predicted octanol–water partition coefficient (Wildman–Crippen LogP) is 3.85. The van der Waals surface area contributed by atoms with E-state index in [-0.39, 0.29) is 17.0 Å². The number of rotatable bonds is 5. The van der Waals surface area contributed by atoms with Crippen LogP contribution in [0, 0.1) is 23.0 Å². The summed E-state index contributed by atoms with van der Waals surface area (Å²) in [6, 6.07) is 11.0. The number of hydrogen-bond donors (Lipinski definition) is 1. The summed E-state index contributed by atoms with van der Waals surface area (Å²) < 4.78 is 0. The van der Waals surface area contributed by atoms with E-state index in [2.05, 4.69) is 5.32 Å². The van der Waals surface area contributed by atoms with E-state index in [0.29, 0.717) is 10.8 Å². The van der Waals surface area contributed by atoms with Gasteiger partial charge in [-0.1, -0.05) is 41.2 Å². The van der Waals surface area contributed by atoms with E-state index in [1.807, 2.05) is 31.2 Å². The Hall–Kier alpha value is -2.21. The molecule has 1 N–H and O–H groups in total. The molecule has 1 saturated carbocycles. The first-order chi connectivity index (χ1) is 10.5. The Morgan fingerprint density at radius 3 is 2.50 bits per heavy atom. The minimum atomic E-state index is -0.472. The Morgan fingerprint density at radius 2 is 1.95 bits per heavy atom. The highest BCUT2D eigenvalue weighted by molar-refractivity contribution is 7.17. The second-order valence-electron chi connectivity index (χ2n) is 5.59. The molecule has 0 spiro atoms. The van der Waals surface area contributed by atoms with Crippen molar-refractivity contribution in [2.75, 3.05) is 0 Å². The van der Waals surface area contributed by atoms with Gasteiger partial charge in [0.15, 0.2) is 0 Å². The Morgan fingerprint density at radius 1 is 1.27 bits per heavy atom. The zero-order valence-corrected chi connectivity index (χ0v) is 12.9. The second kappa shape index (κ2) is 5.88. The minimum absolute atomic E-state index is 0.0107. The lowest BCUT2D eigenvalue weighted by molar-refractivity contribution is -0.380. The topological polar surface area (TPSA) is 72.2 Å². The van der Waals surface area contributed by atoms with E-state index >= 15 is 0 Å². The van der Waals surface area contributed by atoms with Gasteiger partial charge >= 0.3 is 5.00 Å². The number of hydrogen-bond acceptors (Lipinski definition) is 4. The first-order valence-electron chi connectivity index (χ1n) is 7.16. The average molecular weight is 316 g/mol. The summed E-state index contributed by atoms with van der Waals surface area (Å²) in [5.74, 6) is 0.220. The molecule has 1 aromatic carbocycles. The van der Waals surface area contributed by atoms with Crippen LogP contribution in [-0.2, 0) is 0 Å². The molecular weight excluding hydrogens is 300 g/mol. The van der Waals surface area contributed by atoms with Crippen LogP contribution in [-0.4, -0.2) is 10.8 Å². The molecule has 1 aliphatic rings. The summed E-state index contributed by atoms with van der Waals surface area (Å²) in [5.41, 5.74) is 2.27. The van der Waals surface area contributed by atoms with E-state index < -0.39 is 4.92 Å². The van der Waals surface area contributed by atoms with Crippen LogP contribution in [0.15, 0.2) is 36.4 Å². The smallest absolute Gasteiger partial charge is 0.324 e. The molecule has 1 fully saturated rings. The molecule has 0 radical (unpaired) electrons. The molecule has 1 atom stereocenters. The lowest BCUT2D eigenvalue weighted by Crippen LogP contribution is -2.29. The summed E-state index contributed by atoms with van der Waals surface area (Å²) in [5, 5.41) is 13.7. The number of carbonyl (C=O) groups is 1. The summed E-state index contributed by atoms with van der Waals surface area (Å²) in [6.45, 7) is 2.03.